The van der Waals surface area contributed by atoms with Gasteiger partial charge in [-0.2, -0.15) is 0 Å². The molecule has 2 aromatic rings. The van der Waals surface area contributed by atoms with Crippen molar-refractivity contribution >= 4 is 38.9 Å². The predicted octanol–water partition coefficient (Wildman–Crippen LogP) is 3.00. The Bertz CT molecular complexity index is 868. The van der Waals surface area contributed by atoms with E-state index in [1.807, 2.05) is 0 Å². The Morgan fingerprint density at radius 2 is 1.88 bits per heavy atom. The first-order valence-corrected chi connectivity index (χ1v) is 9.14. The Morgan fingerprint density at radius 3 is 2.50 bits per heavy atom. The minimum atomic E-state index is -3.44. The first kappa shape index (κ1) is 18.1. The number of benzene rings is 2. The van der Waals surface area contributed by atoms with Crippen molar-refractivity contribution in [1.29, 1.82) is 0 Å². The second kappa shape index (κ2) is 7.11. The molecular formula is C16H17ClN2O4S. The highest BCUT2D eigenvalue weighted by molar-refractivity contribution is 7.92. The van der Waals surface area contributed by atoms with E-state index in [2.05, 4.69) is 5.32 Å². The molecular weight excluding hydrogens is 352 g/mol. The third kappa shape index (κ3) is 3.98. The maximum Gasteiger partial charge on any atom is 0.257 e. The van der Waals surface area contributed by atoms with Crippen molar-refractivity contribution in [3.05, 3.63) is 53.1 Å². The molecule has 0 saturated heterocycles. The number of ether oxygens (including phenoxy) is 1. The molecule has 128 valence electrons. The van der Waals surface area contributed by atoms with E-state index < -0.39 is 15.9 Å². The molecule has 0 aromatic heterocycles. The van der Waals surface area contributed by atoms with Crippen molar-refractivity contribution in [3.8, 4) is 5.75 Å². The van der Waals surface area contributed by atoms with E-state index in [1.165, 1.54) is 32.4 Å². The molecule has 0 unspecified atom stereocenters. The standard InChI is InChI=1S/C16H17ClN2O4S/c1-19(24(3,21)22)11-8-9-13(17)12(10-11)16(20)18-14-6-4-5-7-15(14)23-2/h4-10H,1-3H3,(H,18,20). The summed E-state index contributed by atoms with van der Waals surface area (Å²) < 4.78 is 29.6. The quantitative estimate of drug-likeness (QED) is 0.880. The molecule has 0 aliphatic rings. The number of nitrogens with one attached hydrogen (secondary N) is 1. The lowest BCUT2D eigenvalue weighted by Crippen LogP contribution is -2.25. The monoisotopic (exact) mass is 368 g/mol. The van der Waals surface area contributed by atoms with Crippen LogP contribution in [0.25, 0.3) is 0 Å². The SMILES string of the molecule is COc1ccccc1NC(=O)c1cc(N(C)S(C)(=O)=O)ccc1Cl. The van der Waals surface area contributed by atoms with E-state index in [1.54, 1.807) is 24.3 Å². The summed E-state index contributed by atoms with van der Waals surface area (Å²) in [4.78, 5) is 12.5. The van der Waals surface area contributed by atoms with Gasteiger partial charge in [0.05, 0.1) is 35.3 Å². The smallest absolute Gasteiger partial charge is 0.257 e. The largest absolute Gasteiger partial charge is 0.495 e. The molecule has 24 heavy (non-hydrogen) atoms. The Kier molecular flexibility index (Phi) is 5.36. The van der Waals surface area contributed by atoms with Crippen molar-refractivity contribution in [2.24, 2.45) is 0 Å². The molecule has 0 heterocycles. The predicted molar refractivity (Wildman–Crippen MR) is 95.6 cm³/mol. The molecule has 8 heteroatoms. The summed E-state index contributed by atoms with van der Waals surface area (Å²) in [7, 11) is -0.539. The molecule has 0 saturated carbocycles. The molecule has 0 spiro atoms. The van der Waals surface area contributed by atoms with Crippen LogP contribution in [0.1, 0.15) is 10.4 Å². The first-order chi connectivity index (χ1) is 11.2. The van der Waals surface area contributed by atoms with Gasteiger partial charge in [0.25, 0.3) is 5.91 Å². The van der Waals surface area contributed by atoms with Crippen molar-refractivity contribution in [3.63, 3.8) is 0 Å². The minimum Gasteiger partial charge on any atom is -0.495 e. The molecule has 1 amide bonds. The maximum absolute atomic E-state index is 12.5. The van der Waals surface area contributed by atoms with Crippen LogP contribution in [-0.2, 0) is 10.0 Å². The third-order valence-electron chi connectivity index (χ3n) is 3.41. The number of hydrogen-bond donors (Lipinski definition) is 1. The summed E-state index contributed by atoms with van der Waals surface area (Å²) in [6.07, 6.45) is 1.08. The van der Waals surface area contributed by atoms with Gasteiger partial charge in [-0.3, -0.25) is 9.10 Å². The summed E-state index contributed by atoms with van der Waals surface area (Å²) in [5, 5.41) is 2.92. The number of amides is 1. The number of hydrogen-bond acceptors (Lipinski definition) is 4. The molecule has 0 radical (unpaired) electrons. The van der Waals surface area contributed by atoms with E-state index in [4.69, 9.17) is 16.3 Å². The van der Waals surface area contributed by atoms with E-state index in [0.717, 1.165) is 10.6 Å². The van der Waals surface area contributed by atoms with Gasteiger partial charge in [-0.15, -0.1) is 0 Å². The average Bonchev–Trinajstić information content (AvgIpc) is 2.54. The lowest BCUT2D eigenvalue weighted by Gasteiger charge is -2.18. The lowest BCUT2D eigenvalue weighted by atomic mass is 10.1. The third-order valence-corrected chi connectivity index (χ3v) is 4.95. The topological polar surface area (TPSA) is 75.7 Å². The zero-order valence-corrected chi connectivity index (χ0v) is 15.0. The number of carbonyl (C=O) groups excluding carboxylic acids is 1. The highest BCUT2D eigenvalue weighted by Gasteiger charge is 2.17. The van der Waals surface area contributed by atoms with Gasteiger partial charge in [-0.25, -0.2) is 8.42 Å². The van der Waals surface area contributed by atoms with Crippen LogP contribution >= 0.6 is 11.6 Å². The molecule has 0 aliphatic carbocycles. The number of halogens is 1. The molecule has 1 N–H and O–H groups in total. The van der Waals surface area contributed by atoms with Crippen LogP contribution in [0.4, 0.5) is 11.4 Å². The second-order valence-electron chi connectivity index (χ2n) is 5.05. The van der Waals surface area contributed by atoms with Gasteiger partial charge in [0.2, 0.25) is 10.0 Å². The van der Waals surface area contributed by atoms with Gasteiger partial charge in [-0.05, 0) is 30.3 Å². The summed E-state index contributed by atoms with van der Waals surface area (Å²) >= 11 is 6.09. The fraction of sp³-hybridized carbons (Fsp3) is 0.188. The second-order valence-corrected chi connectivity index (χ2v) is 7.47. The zero-order chi connectivity index (χ0) is 17.9. The fourth-order valence-corrected chi connectivity index (χ4v) is 2.71. The van der Waals surface area contributed by atoms with Crippen LogP contribution in [0.15, 0.2) is 42.5 Å². The number of anilines is 2. The number of carbonyl (C=O) groups is 1. The van der Waals surface area contributed by atoms with E-state index in [-0.39, 0.29) is 10.6 Å². The number of methoxy groups -OCH3 is 1. The van der Waals surface area contributed by atoms with Crippen molar-refractivity contribution in [2.45, 2.75) is 0 Å². The van der Waals surface area contributed by atoms with Crippen LogP contribution in [0, 0.1) is 0 Å². The molecule has 0 fully saturated rings. The number of para-hydroxylation sites is 2. The van der Waals surface area contributed by atoms with Crippen molar-refractivity contribution in [1.82, 2.24) is 0 Å². The number of sulfonamides is 1. The summed E-state index contributed by atoms with van der Waals surface area (Å²) in [5.74, 6) is 0.0413. The number of nitrogens with zero attached hydrogens (tertiary/aromatic N) is 1. The van der Waals surface area contributed by atoms with Crippen LogP contribution in [-0.4, -0.2) is 34.7 Å². The molecule has 2 rings (SSSR count). The van der Waals surface area contributed by atoms with Crippen molar-refractivity contribution in [2.75, 3.05) is 30.0 Å². The van der Waals surface area contributed by atoms with Gasteiger partial charge in [-0.1, -0.05) is 23.7 Å². The van der Waals surface area contributed by atoms with E-state index in [0.29, 0.717) is 17.1 Å². The summed E-state index contributed by atoms with van der Waals surface area (Å²) in [6.45, 7) is 0. The van der Waals surface area contributed by atoms with E-state index in [9.17, 15) is 13.2 Å². The highest BCUT2D eigenvalue weighted by atomic mass is 35.5. The minimum absolute atomic E-state index is 0.163. The first-order valence-electron chi connectivity index (χ1n) is 6.92. The van der Waals surface area contributed by atoms with Gasteiger partial charge < -0.3 is 10.1 Å². The lowest BCUT2D eigenvalue weighted by molar-refractivity contribution is 0.102. The molecule has 0 aliphatic heterocycles. The summed E-state index contributed by atoms with van der Waals surface area (Å²) in [6, 6.07) is 11.4. The average molecular weight is 369 g/mol. The Balaban J connectivity index is 2.36. The molecule has 6 nitrogen and oxygen atoms in total. The fourth-order valence-electron chi connectivity index (χ4n) is 2.01. The maximum atomic E-state index is 12.5. The van der Waals surface area contributed by atoms with Gasteiger partial charge in [0.15, 0.2) is 0 Å². The Labute approximate surface area is 146 Å². The van der Waals surface area contributed by atoms with Crippen LogP contribution < -0.4 is 14.4 Å². The Hall–Kier alpha value is -2.25. The van der Waals surface area contributed by atoms with E-state index >= 15 is 0 Å². The Morgan fingerprint density at radius 1 is 1.21 bits per heavy atom. The van der Waals surface area contributed by atoms with Gasteiger partial charge in [0, 0.05) is 7.05 Å². The van der Waals surface area contributed by atoms with Gasteiger partial charge in [0.1, 0.15) is 5.75 Å². The highest BCUT2D eigenvalue weighted by Crippen LogP contribution is 2.27. The normalized spacial score (nSPS) is 11.0. The van der Waals surface area contributed by atoms with Gasteiger partial charge >= 0.3 is 0 Å². The van der Waals surface area contributed by atoms with Crippen LogP contribution in [0.5, 0.6) is 5.75 Å². The zero-order valence-electron chi connectivity index (χ0n) is 13.4. The molecule has 0 bridgehead atoms. The van der Waals surface area contributed by atoms with Crippen LogP contribution in [0.2, 0.25) is 5.02 Å². The molecule has 0 atom stereocenters. The number of rotatable bonds is 5. The molecule has 2 aromatic carbocycles. The van der Waals surface area contributed by atoms with Crippen molar-refractivity contribution < 1.29 is 17.9 Å². The summed E-state index contributed by atoms with van der Waals surface area (Å²) in [5.41, 5.74) is 0.991. The van der Waals surface area contributed by atoms with Crippen LogP contribution in [0.3, 0.4) is 0 Å².